The SMILES string of the molecule is N#Cc1cccc(NC(=O)CSc2ccncn2)c1. The van der Waals surface area contributed by atoms with Gasteiger partial charge in [-0.15, -0.1) is 0 Å². The average molecular weight is 270 g/mol. The van der Waals surface area contributed by atoms with Crippen molar-refractivity contribution in [3.8, 4) is 6.07 Å². The van der Waals surface area contributed by atoms with Crippen LogP contribution >= 0.6 is 11.8 Å². The molecule has 1 aromatic heterocycles. The van der Waals surface area contributed by atoms with E-state index in [9.17, 15) is 4.79 Å². The summed E-state index contributed by atoms with van der Waals surface area (Å²) in [7, 11) is 0. The van der Waals surface area contributed by atoms with Crippen molar-refractivity contribution in [2.75, 3.05) is 11.1 Å². The molecule has 2 rings (SSSR count). The van der Waals surface area contributed by atoms with E-state index in [0.29, 0.717) is 11.3 Å². The average Bonchev–Trinajstić information content (AvgIpc) is 2.46. The van der Waals surface area contributed by atoms with Gasteiger partial charge in [-0.05, 0) is 24.3 Å². The number of carbonyl (C=O) groups is 1. The molecule has 0 aliphatic rings. The molecule has 0 aliphatic heterocycles. The zero-order valence-electron chi connectivity index (χ0n) is 9.91. The van der Waals surface area contributed by atoms with Crippen LogP contribution in [0.15, 0.2) is 47.9 Å². The third-order valence-corrected chi connectivity index (χ3v) is 3.13. The van der Waals surface area contributed by atoms with Gasteiger partial charge in [-0.25, -0.2) is 9.97 Å². The fraction of sp³-hybridized carbons (Fsp3) is 0.0769. The number of anilines is 1. The number of aromatic nitrogens is 2. The highest BCUT2D eigenvalue weighted by Gasteiger charge is 2.04. The molecule has 0 radical (unpaired) electrons. The molecule has 1 aromatic carbocycles. The fourth-order valence-electron chi connectivity index (χ4n) is 1.37. The van der Waals surface area contributed by atoms with Crippen molar-refractivity contribution in [1.29, 1.82) is 5.26 Å². The number of hydrogen-bond acceptors (Lipinski definition) is 5. The maximum Gasteiger partial charge on any atom is 0.234 e. The van der Waals surface area contributed by atoms with E-state index in [1.54, 1.807) is 36.5 Å². The Morgan fingerprint density at radius 2 is 2.32 bits per heavy atom. The van der Waals surface area contributed by atoms with Crippen molar-refractivity contribution < 1.29 is 4.79 Å². The number of carbonyl (C=O) groups excluding carboxylic acids is 1. The fourth-order valence-corrected chi connectivity index (χ4v) is 2.00. The van der Waals surface area contributed by atoms with E-state index >= 15 is 0 Å². The zero-order valence-corrected chi connectivity index (χ0v) is 10.7. The highest BCUT2D eigenvalue weighted by atomic mass is 32.2. The molecule has 1 N–H and O–H groups in total. The Bertz CT molecular complexity index is 610. The highest BCUT2D eigenvalue weighted by Crippen LogP contribution is 2.15. The molecule has 94 valence electrons. The van der Waals surface area contributed by atoms with E-state index in [-0.39, 0.29) is 11.7 Å². The van der Waals surface area contributed by atoms with Crippen LogP contribution in [0.3, 0.4) is 0 Å². The molecule has 0 atom stereocenters. The number of nitrogens with one attached hydrogen (secondary N) is 1. The minimum absolute atomic E-state index is 0.140. The van der Waals surface area contributed by atoms with E-state index in [0.717, 1.165) is 5.03 Å². The van der Waals surface area contributed by atoms with Crippen LogP contribution in [-0.2, 0) is 4.79 Å². The van der Waals surface area contributed by atoms with Crippen molar-refractivity contribution in [2.24, 2.45) is 0 Å². The Kier molecular flexibility index (Phi) is 4.48. The highest BCUT2D eigenvalue weighted by molar-refractivity contribution is 7.99. The standard InChI is InChI=1S/C13H10N4OS/c14-7-10-2-1-3-11(6-10)17-12(18)8-19-13-4-5-15-9-16-13/h1-6,9H,8H2,(H,17,18). The minimum atomic E-state index is -0.140. The van der Waals surface area contributed by atoms with E-state index in [4.69, 9.17) is 5.26 Å². The van der Waals surface area contributed by atoms with Crippen LogP contribution in [0.4, 0.5) is 5.69 Å². The van der Waals surface area contributed by atoms with Crippen molar-refractivity contribution in [1.82, 2.24) is 9.97 Å². The van der Waals surface area contributed by atoms with Gasteiger partial charge in [0.1, 0.15) is 6.33 Å². The topological polar surface area (TPSA) is 78.7 Å². The zero-order chi connectivity index (χ0) is 13.5. The monoisotopic (exact) mass is 270 g/mol. The molecule has 19 heavy (non-hydrogen) atoms. The molecule has 0 spiro atoms. The number of nitriles is 1. The van der Waals surface area contributed by atoms with Gasteiger partial charge in [-0.3, -0.25) is 4.79 Å². The van der Waals surface area contributed by atoms with Crippen molar-refractivity contribution in [3.05, 3.63) is 48.4 Å². The van der Waals surface area contributed by atoms with Crippen molar-refractivity contribution in [3.63, 3.8) is 0 Å². The number of benzene rings is 1. The number of thioether (sulfide) groups is 1. The summed E-state index contributed by atoms with van der Waals surface area (Å²) in [5, 5.41) is 12.2. The maximum atomic E-state index is 11.7. The second-order valence-corrected chi connectivity index (χ2v) is 4.57. The molecule has 1 amide bonds. The predicted octanol–water partition coefficient (Wildman–Crippen LogP) is 2.08. The van der Waals surface area contributed by atoms with Gasteiger partial charge >= 0.3 is 0 Å². The number of nitrogens with zero attached hydrogens (tertiary/aromatic N) is 3. The Labute approximate surface area is 114 Å². The van der Waals surface area contributed by atoms with Crippen molar-refractivity contribution >= 4 is 23.4 Å². The summed E-state index contributed by atoms with van der Waals surface area (Å²) in [6.45, 7) is 0. The van der Waals surface area contributed by atoms with E-state index in [1.807, 2.05) is 6.07 Å². The van der Waals surface area contributed by atoms with Gasteiger partial charge in [0.15, 0.2) is 0 Å². The Morgan fingerprint density at radius 1 is 1.42 bits per heavy atom. The van der Waals surface area contributed by atoms with Gasteiger partial charge in [0.2, 0.25) is 5.91 Å². The van der Waals surface area contributed by atoms with Crippen LogP contribution in [0.1, 0.15) is 5.56 Å². The summed E-state index contributed by atoms with van der Waals surface area (Å²) in [6.07, 6.45) is 3.07. The first-order valence-electron chi connectivity index (χ1n) is 5.47. The minimum Gasteiger partial charge on any atom is -0.325 e. The molecule has 0 saturated heterocycles. The van der Waals surface area contributed by atoms with E-state index in [2.05, 4.69) is 15.3 Å². The van der Waals surface area contributed by atoms with Gasteiger partial charge in [-0.1, -0.05) is 17.8 Å². The largest absolute Gasteiger partial charge is 0.325 e. The molecular formula is C13H10N4OS. The lowest BCUT2D eigenvalue weighted by molar-refractivity contribution is -0.113. The van der Waals surface area contributed by atoms with Crippen LogP contribution in [0.5, 0.6) is 0 Å². The van der Waals surface area contributed by atoms with Gasteiger partial charge in [0.25, 0.3) is 0 Å². The summed E-state index contributed by atoms with van der Waals surface area (Å²) >= 11 is 1.33. The van der Waals surface area contributed by atoms with Gasteiger partial charge < -0.3 is 5.32 Å². The Morgan fingerprint density at radius 3 is 3.05 bits per heavy atom. The summed E-state index contributed by atoms with van der Waals surface area (Å²) in [5.41, 5.74) is 1.13. The van der Waals surface area contributed by atoms with Gasteiger partial charge in [-0.2, -0.15) is 5.26 Å². The lowest BCUT2D eigenvalue weighted by Gasteiger charge is -2.04. The molecule has 0 bridgehead atoms. The first-order valence-corrected chi connectivity index (χ1v) is 6.45. The quantitative estimate of drug-likeness (QED) is 0.679. The third-order valence-electron chi connectivity index (χ3n) is 2.18. The normalized spacial score (nSPS) is 9.63. The Hall–Kier alpha value is -2.39. The van der Waals surface area contributed by atoms with Gasteiger partial charge in [0, 0.05) is 11.9 Å². The number of amides is 1. The molecular weight excluding hydrogens is 260 g/mol. The first-order chi connectivity index (χ1) is 9.28. The Balaban J connectivity index is 1.89. The van der Waals surface area contributed by atoms with Crippen molar-refractivity contribution in [2.45, 2.75) is 5.03 Å². The molecule has 2 aromatic rings. The van der Waals surface area contributed by atoms with E-state index in [1.165, 1.54) is 18.1 Å². The molecule has 0 fully saturated rings. The molecule has 0 saturated carbocycles. The predicted molar refractivity (Wildman–Crippen MR) is 72.5 cm³/mol. The molecule has 0 aliphatic carbocycles. The third kappa shape index (κ3) is 4.08. The van der Waals surface area contributed by atoms with Crippen LogP contribution < -0.4 is 5.32 Å². The lowest BCUT2D eigenvalue weighted by Crippen LogP contribution is -2.14. The number of rotatable bonds is 4. The van der Waals surface area contributed by atoms with Gasteiger partial charge in [0.05, 0.1) is 22.4 Å². The molecule has 0 unspecified atom stereocenters. The van der Waals surface area contributed by atoms with Crippen LogP contribution in [-0.4, -0.2) is 21.6 Å². The second kappa shape index (κ2) is 6.52. The summed E-state index contributed by atoms with van der Waals surface area (Å²) < 4.78 is 0. The maximum absolute atomic E-state index is 11.7. The molecule has 6 heteroatoms. The van der Waals surface area contributed by atoms with Crippen LogP contribution in [0.2, 0.25) is 0 Å². The second-order valence-electron chi connectivity index (χ2n) is 3.58. The summed E-state index contributed by atoms with van der Waals surface area (Å²) in [5.74, 6) is 0.118. The van der Waals surface area contributed by atoms with Crippen LogP contribution in [0, 0.1) is 11.3 Å². The lowest BCUT2D eigenvalue weighted by atomic mass is 10.2. The first kappa shape index (κ1) is 13.1. The smallest absolute Gasteiger partial charge is 0.234 e. The summed E-state index contributed by atoms with van der Waals surface area (Å²) in [4.78, 5) is 19.5. The number of hydrogen-bond donors (Lipinski definition) is 1. The molecule has 1 heterocycles. The van der Waals surface area contributed by atoms with Crippen LogP contribution in [0.25, 0.3) is 0 Å². The van der Waals surface area contributed by atoms with E-state index < -0.39 is 0 Å². The summed E-state index contributed by atoms with van der Waals surface area (Å²) in [6, 6.07) is 10.6. The molecule has 5 nitrogen and oxygen atoms in total.